The fourth-order valence-corrected chi connectivity index (χ4v) is 3.47. The average Bonchev–Trinajstić information content (AvgIpc) is 2.66. The maximum absolute atomic E-state index is 12.3. The first-order chi connectivity index (χ1) is 13.2. The molecule has 2 amide bonds. The summed E-state index contributed by atoms with van der Waals surface area (Å²) < 4.78 is 5.44. The van der Waals surface area contributed by atoms with E-state index in [-0.39, 0.29) is 36.6 Å². The van der Waals surface area contributed by atoms with E-state index < -0.39 is 6.10 Å². The van der Waals surface area contributed by atoms with Crippen LogP contribution < -0.4 is 16.0 Å². The normalized spacial score (nSPS) is 20.2. The van der Waals surface area contributed by atoms with Crippen LogP contribution >= 0.6 is 24.8 Å². The number of hydrogen-bond donors (Lipinski definition) is 3. The number of benzene rings is 1. The predicted molar refractivity (Wildman–Crippen MR) is 120 cm³/mol. The molecule has 1 aromatic carbocycles. The van der Waals surface area contributed by atoms with Crippen molar-refractivity contribution in [3.05, 3.63) is 24.3 Å². The van der Waals surface area contributed by atoms with Crippen molar-refractivity contribution in [3.8, 4) is 0 Å². The SMILES string of the molecule is Cl.Cl.O=C(CN1CCCCCCC1)Nc1ccc(NC(=O)C2CNCCO2)cc1. The minimum atomic E-state index is -0.462. The van der Waals surface area contributed by atoms with E-state index >= 15 is 0 Å². The molecule has 2 saturated heterocycles. The molecule has 9 heteroatoms. The Labute approximate surface area is 185 Å². The number of halogens is 2. The summed E-state index contributed by atoms with van der Waals surface area (Å²) in [5.41, 5.74) is 1.43. The van der Waals surface area contributed by atoms with Crippen molar-refractivity contribution in [2.75, 3.05) is 50.0 Å². The van der Waals surface area contributed by atoms with E-state index in [9.17, 15) is 9.59 Å². The van der Waals surface area contributed by atoms with Crippen LogP contribution in [0.2, 0.25) is 0 Å². The molecular formula is C20H32Cl2N4O3. The van der Waals surface area contributed by atoms with Crippen molar-refractivity contribution < 1.29 is 14.3 Å². The van der Waals surface area contributed by atoms with Gasteiger partial charge in [0.15, 0.2) is 0 Å². The second kappa shape index (κ2) is 13.8. The first-order valence-electron chi connectivity index (χ1n) is 9.96. The third kappa shape index (κ3) is 8.88. The molecule has 0 aromatic heterocycles. The fraction of sp³-hybridized carbons (Fsp3) is 0.600. The Balaban J connectivity index is 0.00000210. The zero-order valence-corrected chi connectivity index (χ0v) is 18.3. The zero-order chi connectivity index (χ0) is 18.9. The lowest BCUT2D eigenvalue weighted by atomic mass is 10.1. The number of likely N-dealkylation sites (tertiary alicyclic amines) is 1. The Kier molecular flexibility index (Phi) is 12.2. The molecule has 2 aliphatic heterocycles. The highest BCUT2D eigenvalue weighted by atomic mass is 35.5. The van der Waals surface area contributed by atoms with Gasteiger partial charge in [-0.1, -0.05) is 19.3 Å². The summed E-state index contributed by atoms with van der Waals surface area (Å²) in [7, 11) is 0. The maximum atomic E-state index is 12.3. The summed E-state index contributed by atoms with van der Waals surface area (Å²) in [4.78, 5) is 26.7. The van der Waals surface area contributed by atoms with Crippen LogP contribution in [0.25, 0.3) is 0 Å². The van der Waals surface area contributed by atoms with Crippen LogP contribution in [0.1, 0.15) is 32.1 Å². The number of amides is 2. The molecule has 2 aliphatic rings. The molecule has 0 bridgehead atoms. The van der Waals surface area contributed by atoms with Crippen molar-refractivity contribution in [1.82, 2.24) is 10.2 Å². The number of rotatable bonds is 5. The summed E-state index contributed by atoms with van der Waals surface area (Å²) in [6.45, 7) is 4.27. The van der Waals surface area contributed by atoms with Crippen LogP contribution in [0.3, 0.4) is 0 Å². The lowest BCUT2D eigenvalue weighted by Gasteiger charge is -2.23. The van der Waals surface area contributed by atoms with Gasteiger partial charge < -0.3 is 20.7 Å². The standard InChI is InChI=1S/C20H30N4O3.2ClH/c25-19(15-24-11-4-2-1-3-5-12-24)22-16-6-8-17(9-7-16)23-20(26)18-14-21-10-13-27-18;;/h6-9,18,21H,1-5,10-15H2,(H,22,25)(H,23,26);2*1H. The van der Waals surface area contributed by atoms with Crippen LogP contribution in [-0.4, -0.2) is 62.1 Å². The summed E-state index contributed by atoms with van der Waals surface area (Å²) in [6, 6.07) is 7.20. The molecule has 0 spiro atoms. The summed E-state index contributed by atoms with van der Waals surface area (Å²) in [5.74, 6) is -0.148. The monoisotopic (exact) mass is 446 g/mol. The van der Waals surface area contributed by atoms with Crippen LogP contribution in [0, 0.1) is 0 Å². The van der Waals surface area contributed by atoms with Gasteiger partial charge in [0.05, 0.1) is 13.2 Å². The molecule has 164 valence electrons. The quantitative estimate of drug-likeness (QED) is 0.647. The van der Waals surface area contributed by atoms with Gasteiger partial charge in [-0.05, 0) is 50.2 Å². The highest BCUT2D eigenvalue weighted by molar-refractivity contribution is 5.95. The molecule has 3 N–H and O–H groups in total. The first-order valence-corrected chi connectivity index (χ1v) is 9.96. The molecule has 2 fully saturated rings. The van der Waals surface area contributed by atoms with Crippen molar-refractivity contribution in [3.63, 3.8) is 0 Å². The Hall–Kier alpha value is -1.38. The number of carbonyl (C=O) groups excluding carboxylic acids is 2. The molecule has 7 nitrogen and oxygen atoms in total. The van der Waals surface area contributed by atoms with E-state index in [4.69, 9.17) is 4.74 Å². The Morgan fingerprint density at radius 3 is 2.14 bits per heavy atom. The summed E-state index contributed by atoms with van der Waals surface area (Å²) in [5, 5.41) is 8.92. The van der Waals surface area contributed by atoms with Gasteiger partial charge >= 0.3 is 0 Å². The van der Waals surface area contributed by atoms with Gasteiger partial charge in [0, 0.05) is 24.5 Å². The minimum Gasteiger partial charge on any atom is -0.366 e. The molecule has 0 saturated carbocycles. The van der Waals surface area contributed by atoms with Crippen molar-refractivity contribution in [1.29, 1.82) is 0 Å². The molecular weight excluding hydrogens is 415 g/mol. The third-order valence-corrected chi connectivity index (χ3v) is 4.97. The van der Waals surface area contributed by atoms with Gasteiger partial charge in [-0.15, -0.1) is 24.8 Å². The molecule has 1 unspecified atom stereocenters. The smallest absolute Gasteiger partial charge is 0.254 e. The lowest BCUT2D eigenvalue weighted by Crippen LogP contribution is -2.45. The van der Waals surface area contributed by atoms with E-state index in [1.807, 2.05) is 0 Å². The Morgan fingerprint density at radius 1 is 0.966 bits per heavy atom. The van der Waals surface area contributed by atoms with E-state index in [0.717, 1.165) is 25.3 Å². The number of anilines is 2. The highest BCUT2D eigenvalue weighted by Crippen LogP contribution is 2.15. The number of morpholine rings is 1. The topological polar surface area (TPSA) is 82.7 Å². The van der Waals surface area contributed by atoms with Crippen LogP contribution in [-0.2, 0) is 14.3 Å². The van der Waals surface area contributed by atoms with Crippen molar-refractivity contribution in [2.24, 2.45) is 0 Å². The minimum absolute atomic E-state index is 0. The third-order valence-electron chi connectivity index (χ3n) is 4.97. The summed E-state index contributed by atoms with van der Waals surface area (Å²) >= 11 is 0. The molecule has 29 heavy (non-hydrogen) atoms. The highest BCUT2D eigenvalue weighted by Gasteiger charge is 2.21. The van der Waals surface area contributed by atoms with Gasteiger partial charge in [-0.3, -0.25) is 14.5 Å². The number of carbonyl (C=O) groups is 2. The second-order valence-corrected chi connectivity index (χ2v) is 7.22. The Bertz CT molecular complexity index is 617. The van der Waals surface area contributed by atoms with Crippen molar-refractivity contribution >= 4 is 48.0 Å². The van der Waals surface area contributed by atoms with Gasteiger partial charge in [0.1, 0.15) is 6.10 Å². The fourth-order valence-electron chi connectivity index (χ4n) is 3.47. The number of hydrogen-bond acceptors (Lipinski definition) is 5. The zero-order valence-electron chi connectivity index (χ0n) is 16.7. The van der Waals surface area contributed by atoms with Gasteiger partial charge in [0.2, 0.25) is 5.91 Å². The van der Waals surface area contributed by atoms with E-state index in [1.54, 1.807) is 24.3 Å². The van der Waals surface area contributed by atoms with Crippen LogP contribution in [0.4, 0.5) is 11.4 Å². The van der Waals surface area contributed by atoms with Gasteiger partial charge in [-0.25, -0.2) is 0 Å². The molecule has 0 radical (unpaired) electrons. The Morgan fingerprint density at radius 2 is 1.55 bits per heavy atom. The molecule has 3 rings (SSSR count). The molecule has 1 aromatic rings. The average molecular weight is 447 g/mol. The first kappa shape index (κ1) is 25.7. The van der Waals surface area contributed by atoms with Gasteiger partial charge in [0.25, 0.3) is 5.91 Å². The maximum Gasteiger partial charge on any atom is 0.254 e. The number of nitrogens with one attached hydrogen (secondary N) is 3. The van der Waals surface area contributed by atoms with Crippen LogP contribution in [0.15, 0.2) is 24.3 Å². The predicted octanol–water partition coefficient (Wildman–Crippen LogP) is 2.66. The molecule has 0 aliphatic carbocycles. The number of ether oxygens (including phenoxy) is 1. The number of nitrogens with zero attached hydrogens (tertiary/aromatic N) is 1. The van der Waals surface area contributed by atoms with Gasteiger partial charge in [-0.2, -0.15) is 0 Å². The largest absolute Gasteiger partial charge is 0.366 e. The second-order valence-electron chi connectivity index (χ2n) is 7.22. The van der Waals surface area contributed by atoms with Crippen molar-refractivity contribution in [2.45, 2.75) is 38.2 Å². The molecule has 1 atom stereocenters. The van der Waals surface area contributed by atoms with E-state index in [0.29, 0.717) is 25.4 Å². The van der Waals surface area contributed by atoms with E-state index in [1.165, 1.54) is 32.1 Å². The molecule has 2 heterocycles. The van der Waals surface area contributed by atoms with Crippen LogP contribution in [0.5, 0.6) is 0 Å². The summed E-state index contributed by atoms with van der Waals surface area (Å²) in [6.07, 6.45) is 5.70. The lowest BCUT2D eigenvalue weighted by molar-refractivity contribution is -0.128. The van der Waals surface area contributed by atoms with E-state index in [2.05, 4.69) is 20.9 Å².